The average molecular weight is 461 g/mol. The first-order chi connectivity index (χ1) is 15.2. The van der Waals surface area contributed by atoms with Crippen molar-refractivity contribution >= 4 is 23.4 Å². The molecule has 168 valence electrons. The highest BCUT2D eigenvalue weighted by Crippen LogP contribution is 2.43. The van der Waals surface area contributed by atoms with Gasteiger partial charge >= 0.3 is 6.18 Å². The zero-order valence-electron chi connectivity index (χ0n) is 17.6. The number of nitrogens with one attached hydrogen (secondary N) is 1. The van der Waals surface area contributed by atoms with E-state index in [4.69, 9.17) is 0 Å². The molecule has 2 aromatic carbocycles. The lowest BCUT2D eigenvalue weighted by Crippen LogP contribution is -2.20. The molecule has 1 N–H and O–H groups in total. The van der Waals surface area contributed by atoms with Crippen LogP contribution < -0.4 is 5.32 Å². The number of nitrogens with zero attached hydrogens (tertiary/aromatic N) is 3. The number of hydrogen-bond donors (Lipinski definition) is 1. The molecule has 3 aromatic rings. The van der Waals surface area contributed by atoms with Crippen molar-refractivity contribution in [3.63, 3.8) is 0 Å². The van der Waals surface area contributed by atoms with Crippen molar-refractivity contribution in [1.29, 1.82) is 0 Å². The largest absolute Gasteiger partial charge is 0.416 e. The molecule has 0 radical (unpaired) electrons. The highest BCUT2D eigenvalue weighted by atomic mass is 32.2. The minimum Gasteiger partial charge on any atom is -0.325 e. The van der Waals surface area contributed by atoms with E-state index in [-0.39, 0.29) is 11.6 Å². The zero-order valence-corrected chi connectivity index (χ0v) is 18.5. The van der Waals surface area contributed by atoms with E-state index in [0.717, 1.165) is 36.4 Å². The van der Waals surface area contributed by atoms with E-state index in [1.54, 1.807) is 0 Å². The molecular weight excluding hydrogens is 437 g/mol. The van der Waals surface area contributed by atoms with E-state index >= 15 is 0 Å². The molecule has 1 aromatic heterocycles. The first-order valence-corrected chi connectivity index (χ1v) is 11.3. The summed E-state index contributed by atoms with van der Waals surface area (Å²) in [7, 11) is 0. The molecule has 1 unspecified atom stereocenters. The molecule has 0 aliphatic heterocycles. The number of hydrogen-bond acceptors (Lipinski definition) is 4. The molecule has 5 nitrogen and oxygen atoms in total. The number of halogens is 3. The third-order valence-electron chi connectivity index (χ3n) is 5.14. The van der Waals surface area contributed by atoms with Gasteiger partial charge in [0.15, 0.2) is 5.16 Å². The summed E-state index contributed by atoms with van der Waals surface area (Å²) in [5, 5.41) is 11.3. The first-order valence-electron chi connectivity index (χ1n) is 10.4. The number of alkyl halides is 3. The SMILES string of the molecule is CC(C)c1nnc(SC(C(=O)Nc2cccc(C(F)(F)F)c2)c2ccccc2)n1C1CC1. The summed E-state index contributed by atoms with van der Waals surface area (Å²) in [4.78, 5) is 13.2. The monoisotopic (exact) mass is 460 g/mol. The van der Waals surface area contributed by atoms with Gasteiger partial charge in [0.2, 0.25) is 5.91 Å². The second kappa shape index (κ2) is 8.97. The molecule has 4 rings (SSSR count). The van der Waals surface area contributed by atoms with Crippen molar-refractivity contribution < 1.29 is 18.0 Å². The summed E-state index contributed by atoms with van der Waals surface area (Å²) >= 11 is 1.27. The molecule has 0 spiro atoms. The Kier molecular flexibility index (Phi) is 6.28. The molecular formula is C23H23F3N4OS. The van der Waals surface area contributed by atoms with Crippen molar-refractivity contribution in [3.8, 4) is 0 Å². The van der Waals surface area contributed by atoms with Gasteiger partial charge in [0, 0.05) is 17.6 Å². The van der Waals surface area contributed by atoms with Gasteiger partial charge in [-0.3, -0.25) is 4.79 Å². The molecule has 32 heavy (non-hydrogen) atoms. The predicted molar refractivity (Wildman–Crippen MR) is 117 cm³/mol. The fourth-order valence-electron chi connectivity index (χ4n) is 3.43. The Morgan fingerprint density at radius 1 is 1.09 bits per heavy atom. The molecule has 1 amide bonds. The fraction of sp³-hybridized carbons (Fsp3) is 0.348. The molecule has 1 aliphatic carbocycles. The summed E-state index contributed by atoms with van der Waals surface area (Å²) in [5.41, 5.74) is 0.0190. The highest BCUT2D eigenvalue weighted by molar-refractivity contribution is 8.00. The zero-order chi connectivity index (χ0) is 22.9. The minimum atomic E-state index is -4.48. The van der Waals surface area contributed by atoms with Crippen LogP contribution in [0.15, 0.2) is 59.8 Å². The maximum Gasteiger partial charge on any atom is 0.416 e. The lowest BCUT2D eigenvalue weighted by molar-refractivity contribution is -0.137. The van der Waals surface area contributed by atoms with Gasteiger partial charge in [0.05, 0.1) is 5.56 Å². The van der Waals surface area contributed by atoms with Gasteiger partial charge in [-0.05, 0) is 36.6 Å². The number of rotatable bonds is 7. The number of amides is 1. The average Bonchev–Trinajstić information content (AvgIpc) is 3.51. The minimum absolute atomic E-state index is 0.0953. The first kappa shape index (κ1) is 22.4. The van der Waals surface area contributed by atoms with E-state index in [2.05, 4.69) is 20.1 Å². The van der Waals surface area contributed by atoms with E-state index in [1.807, 2.05) is 44.2 Å². The van der Waals surface area contributed by atoms with Gasteiger partial charge in [-0.2, -0.15) is 13.2 Å². The van der Waals surface area contributed by atoms with E-state index < -0.39 is 22.9 Å². The molecule has 1 atom stereocenters. The van der Waals surface area contributed by atoms with E-state index in [1.165, 1.54) is 23.9 Å². The summed E-state index contributed by atoms with van der Waals surface area (Å²) in [5.74, 6) is 0.642. The van der Waals surface area contributed by atoms with Gasteiger partial charge < -0.3 is 9.88 Å². The van der Waals surface area contributed by atoms with Crippen LogP contribution in [-0.2, 0) is 11.0 Å². The van der Waals surface area contributed by atoms with Gasteiger partial charge in [0.25, 0.3) is 0 Å². The fourth-order valence-corrected chi connectivity index (χ4v) is 4.54. The van der Waals surface area contributed by atoms with E-state index in [9.17, 15) is 18.0 Å². The normalized spacial score (nSPS) is 15.1. The predicted octanol–water partition coefficient (Wildman–Crippen LogP) is 6.23. The van der Waals surface area contributed by atoms with Crippen LogP contribution in [0.2, 0.25) is 0 Å². The van der Waals surface area contributed by atoms with Crippen molar-refractivity contribution in [2.45, 2.75) is 55.2 Å². The molecule has 0 bridgehead atoms. The maximum absolute atomic E-state index is 13.2. The van der Waals surface area contributed by atoms with Crippen LogP contribution in [0.4, 0.5) is 18.9 Å². The number of aromatic nitrogens is 3. The van der Waals surface area contributed by atoms with Crippen LogP contribution in [-0.4, -0.2) is 20.7 Å². The summed E-state index contributed by atoms with van der Waals surface area (Å²) in [6.07, 6.45) is -2.41. The third-order valence-corrected chi connectivity index (χ3v) is 6.35. The highest BCUT2D eigenvalue weighted by Gasteiger charge is 2.34. The molecule has 9 heteroatoms. The lowest BCUT2D eigenvalue weighted by atomic mass is 10.1. The second-order valence-electron chi connectivity index (χ2n) is 8.07. The van der Waals surface area contributed by atoms with Crippen LogP contribution in [0.3, 0.4) is 0 Å². The second-order valence-corrected chi connectivity index (χ2v) is 9.15. The van der Waals surface area contributed by atoms with Gasteiger partial charge in [-0.1, -0.05) is 62.0 Å². The van der Waals surface area contributed by atoms with Crippen LogP contribution in [0.5, 0.6) is 0 Å². The van der Waals surface area contributed by atoms with Crippen molar-refractivity contribution in [2.75, 3.05) is 5.32 Å². The Balaban J connectivity index is 1.64. The summed E-state index contributed by atoms with van der Waals surface area (Å²) in [6, 6.07) is 14.1. The molecule has 1 aliphatic rings. The van der Waals surface area contributed by atoms with E-state index in [0.29, 0.717) is 11.2 Å². The van der Waals surface area contributed by atoms with Crippen molar-refractivity contribution in [1.82, 2.24) is 14.8 Å². The topological polar surface area (TPSA) is 59.8 Å². The molecule has 0 saturated heterocycles. The number of anilines is 1. The Morgan fingerprint density at radius 3 is 2.44 bits per heavy atom. The van der Waals surface area contributed by atoms with Gasteiger partial charge in [-0.25, -0.2) is 0 Å². The molecule has 1 heterocycles. The summed E-state index contributed by atoms with van der Waals surface area (Å²) in [6.45, 7) is 4.10. The van der Waals surface area contributed by atoms with Crippen molar-refractivity contribution in [3.05, 3.63) is 71.5 Å². The number of carbonyl (C=O) groups excluding carboxylic acids is 1. The molecule has 1 fully saturated rings. The molecule has 1 saturated carbocycles. The third kappa shape index (κ3) is 4.98. The van der Waals surface area contributed by atoms with Crippen LogP contribution >= 0.6 is 11.8 Å². The van der Waals surface area contributed by atoms with Crippen molar-refractivity contribution in [2.24, 2.45) is 0 Å². The summed E-state index contributed by atoms with van der Waals surface area (Å²) < 4.78 is 41.3. The van der Waals surface area contributed by atoms with Crippen LogP contribution in [0.25, 0.3) is 0 Å². The van der Waals surface area contributed by atoms with Gasteiger partial charge in [0.1, 0.15) is 11.1 Å². The number of carbonyl (C=O) groups is 1. The smallest absolute Gasteiger partial charge is 0.325 e. The lowest BCUT2D eigenvalue weighted by Gasteiger charge is -2.18. The number of thioether (sulfide) groups is 1. The van der Waals surface area contributed by atoms with Crippen LogP contribution in [0.1, 0.15) is 60.9 Å². The van der Waals surface area contributed by atoms with Gasteiger partial charge in [-0.15, -0.1) is 10.2 Å². The quantitative estimate of drug-likeness (QED) is 0.425. The Labute approximate surface area is 188 Å². The Hall–Kier alpha value is -2.81. The Morgan fingerprint density at radius 2 is 1.81 bits per heavy atom. The Bertz CT molecular complexity index is 1090. The van der Waals surface area contributed by atoms with Crippen LogP contribution in [0, 0.1) is 0 Å². The maximum atomic E-state index is 13.2. The number of benzene rings is 2. The standard InChI is InChI=1S/C23H23F3N4OS/c1-14(2)20-28-29-22(30(20)18-11-12-18)32-19(15-7-4-3-5-8-15)21(31)27-17-10-6-9-16(13-17)23(24,25)26/h3-10,13-14,18-19H,11-12H2,1-2H3,(H,27,31).